The molecule has 0 saturated heterocycles. The lowest BCUT2D eigenvalue weighted by molar-refractivity contribution is -0.140. The van der Waals surface area contributed by atoms with Crippen molar-refractivity contribution < 1.29 is 23.5 Å². The summed E-state index contributed by atoms with van der Waals surface area (Å²) in [6.45, 7) is 0.603. The number of carbonyl (C=O) groups is 1. The van der Waals surface area contributed by atoms with Crippen molar-refractivity contribution in [3.63, 3.8) is 0 Å². The Balaban J connectivity index is 1.30. The highest BCUT2D eigenvalue weighted by molar-refractivity contribution is 5.99. The van der Waals surface area contributed by atoms with Crippen molar-refractivity contribution >= 4 is 11.7 Å². The first-order valence-electron chi connectivity index (χ1n) is 11.2. The van der Waals surface area contributed by atoms with E-state index in [9.17, 15) is 4.79 Å². The lowest BCUT2D eigenvalue weighted by Gasteiger charge is -2.14. The molecule has 0 saturated carbocycles. The second-order valence-corrected chi connectivity index (χ2v) is 7.89. The van der Waals surface area contributed by atoms with Crippen molar-refractivity contribution in [2.75, 3.05) is 13.7 Å². The van der Waals surface area contributed by atoms with Crippen LogP contribution in [0.3, 0.4) is 0 Å². The predicted molar refractivity (Wildman–Crippen MR) is 131 cm³/mol. The van der Waals surface area contributed by atoms with E-state index in [4.69, 9.17) is 24.1 Å². The van der Waals surface area contributed by atoms with E-state index < -0.39 is 0 Å². The van der Waals surface area contributed by atoms with Crippen LogP contribution in [-0.4, -0.2) is 30.6 Å². The number of ether oxygens (including phenoxy) is 3. The minimum atomic E-state index is -0.317. The number of methoxy groups -OCH3 is 1. The first-order chi connectivity index (χ1) is 17.1. The Morgan fingerprint density at radius 3 is 2.26 bits per heavy atom. The summed E-state index contributed by atoms with van der Waals surface area (Å²) in [6, 6.07) is 26.4. The highest BCUT2D eigenvalue weighted by Crippen LogP contribution is 2.29. The van der Waals surface area contributed by atoms with Gasteiger partial charge < -0.3 is 24.1 Å². The lowest BCUT2D eigenvalue weighted by Crippen LogP contribution is -2.11. The summed E-state index contributed by atoms with van der Waals surface area (Å²) in [7, 11) is 1.37. The standard InChI is InChI=1S/C28H26N2O5/c1-32-28(31)17-25(27-15-16-35-30-27)21-9-13-24(14-10-21)33-18-20-7-11-23(12-8-20)34-19-26(29)22-5-3-2-4-6-22/h2-16,25,29H,17-19H2,1H3. The van der Waals surface area contributed by atoms with Crippen LogP contribution in [0.2, 0.25) is 0 Å². The van der Waals surface area contributed by atoms with Crippen molar-refractivity contribution in [1.82, 2.24) is 5.16 Å². The third kappa shape index (κ3) is 6.57. The molecular formula is C28H26N2O5. The number of nitrogens with zero attached hydrogens (tertiary/aromatic N) is 1. The second kappa shape index (κ2) is 11.7. The van der Waals surface area contributed by atoms with E-state index in [1.165, 1.54) is 13.4 Å². The molecule has 4 rings (SSSR count). The van der Waals surface area contributed by atoms with Gasteiger partial charge in [0.15, 0.2) is 0 Å². The fourth-order valence-electron chi connectivity index (χ4n) is 3.57. The van der Waals surface area contributed by atoms with E-state index in [0.29, 0.717) is 29.5 Å². The molecule has 1 aromatic heterocycles. The number of carbonyl (C=O) groups excluding carboxylic acids is 1. The molecule has 0 aliphatic heterocycles. The molecule has 0 amide bonds. The SMILES string of the molecule is COC(=O)CC(c1ccc(OCc2ccc(OCC(=N)c3ccccc3)cc2)cc1)c1ccon1. The van der Waals surface area contributed by atoms with Crippen LogP contribution < -0.4 is 9.47 Å². The third-order valence-corrected chi connectivity index (χ3v) is 5.53. The van der Waals surface area contributed by atoms with Gasteiger partial charge in [0, 0.05) is 12.0 Å². The van der Waals surface area contributed by atoms with Gasteiger partial charge in [-0.1, -0.05) is 59.8 Å². The summed E-state index contributed by atoms with van der Waals surface area (Å²) < 4.78 is 21.4. The van der Waals surface area contributed by atoms with Crippen LogP contribution in [0.4, 0.5) is 0 Å². The maximum absolute atomic E-state index is 11.9. The Kier molecular flexibility index (Phi) is 7.91. The average Bonchev–Trinajstić information content (AvgIpc) is 3.45. The summed E-state index contributed by atoms with van der Waals surface area (Å²) in [5.41, 5.74) is 3.86. The topological polar surface area (TPSA) is 94.6 Å². The Hall–Kier alpha value is -4.39. The monoisotopic (exact) mass is 470 g/mol. The maximum Gasteiger partial charge on any atom is 0.306 e. The summed E-state index contributed by atoms with van der Waals surface area (Å²) in [5.74, 6) is 0.833. The van der Waals surface area contributed by atoms with Crippen molar-refractivity contribution in [1.29, 1.82) is 5.41 Å². The van der Waals surface area contributed by atoms with E-state index in [1.807, 2.05) is 78.9 Å². The van der Waals surface area contributed by atoms with Crippen molar-refractivity contribution in [3.8, 4) is 11.5 Å². The van der Waals surface area contributed by atoms with Crippen LogP contribution >= 0.6 is 0 Å². The summed E-state index contributed by atoms with van der Waals surface area (Å²) in [5, 5.41) is 12.1. The highest BCUT2D eigenvalue weighted by Gasteiger charge is 2.21. The number of rotatable bonds is 11. The largest absolute Gasteiger partial charge is 0.489 e. The molecule has 0 fully saturated rings. The van der Waals surface area contributed by atoms with Gasteiger partial charge in [-0.3, -0.25) is 4.79 Å². The molecule has 3 aromatic carbocycles. The van der Waals surface area contributed by atoms with Gasteiger partial charge in [0.05, 0.1) is 24.9 Å². The van der Waals surface area contributed by atoms with Gasteiger partial charge in [-0.2, -0.15) is 0 Å². The molecular weight excluding hydrogens is 444 g/mol. The van der Waals surface area contributed by atoms with E-state index in [2.05, 4.69) is 5.16 Å². The molecule has 7 heteroatoms. The van der Waals surface area contributed by atoms with Crippen LogP contribution in [0.1, 0.15) is 34.7 Å². The minimum Gasteiger partial charge on any atom is -0.489 e. The van der Waals surface area contributed by atoms with Gasteiger partial charge in [0.25, 0.3) is 0 Å². The number of esters is 1. The molecule has 1 atom stereocenters. The van der Waals surface area contributed by atoms with Gasteiger partial charge in [-0.15, -0.1) is 0 Å². The number of nitrogens with one attached hydrogen (secondary N) is 1. The summed E-state index contributed by atoms with van der Waals surface area (Å²) >= 11 is 0. The van der Waals surface area contributed by atoms with Crippen molar-refractivity contribution in [3.05, 3.63) is 114 Å². The zero-order valence-corrected chi connectivity index (χ0v) is 19.3. The molecule has 0 radical (unpaired) electrons. The number of benzene rings is 3. The zero-order valence-electron chi connectivity index (χ0n) is 19.3. The van der Waals surface area contributed by atoms with Gasteiger partial charge in [-0.05, 0) is 41.0 Å². The molecule has 0 bridgehead atoms. The Bertz CT molecular complexity index is 1220. The first kappa shape index (κ1) is 23.8. The normalized spacial score (nSPS) is 11.5. The number of hydrogen-bond acceptors (Lipinski definition) is 7. The molecule has 0 aliphatic rings. The fraction of sp³-hybridized carbons (Fsp3) is 0.179. The summed E-state index contributed by atoms with van der Waals surface area (Å²) in [6.07, 6.45) is 1.66. The Morgan fingerprint density at radius 1 is 0.914 bits per heavy atom. The van der Waals surface area contributed by atoms with Crippen LogP contribution in [0.25, 0.3) is 0 Å². The quantitative estimate of drug-likeness (QED) is 0.233. The van der Waals surface area contributed by atoms with Gasteiger partial charge in [0.1, 0.15) is 31.0 Å². The molecule has 1 N–H and O–H groups in total. The van der Waals surface area contributed by atoms with Gasteiger partial charge >= 0.3 is 5.97 Å². The van der Waals surface area contributed by atoms with Gasteiger partial charge in [-0.25, -0.2) is 0 Å². The minimum absolute atomic E-state index is 0.169. The van der Waals surface area contributed by atoms with Crippen LogP contribution in [0, 0.1) is 5.41 Å². The lowest BCUT2D eigenvalue weighted by atomic mass is 9.92. The van der Waals surface area contributed by atoms with Crippen LogP contribution in [0.15, 0.2) is 95.7 Å². The molecule has 0 spiro atoms. The predicted octanol–water partition coefficient (Wildman–Crippen LogP) is 5.40. The van der Waals surface area contributed by atoms with E-state index in [1.54, 1.807) is 6.07 Å². The number of aromatic nitrogens is 1. The molecule has 0 aliphatic carbocycles. The molecule has 7 nitrogen and oxygen atoms in total. The van der Waals surface area contributed by atoms with Crippen LogP contribution in [0.5, 0.6) is 11.5 Å². The second-order valence-electron chi connectivity index (χ2n) is 7.89. The molecule has 35 heavy (non-hydrogen) atoms. The molecule has 1 unspecified atom stereocenters. The first-order valence-corrected chi connectivity index (χ1v) is 11.2. The Labute approximate surface area is 203 Å². The number of hydrogen-bond donors (Lipinski definition) is 1. The zero-order chi connectivity index (χ0) is 24.5. The molecule has 178 valence electrons. The molecule has 1 heterocycles. The van der Waals surface area contributed by atoms with Gasteiger partial charge in [0.2, 0.25) is 0 Å². The highest BCUT2D eigenvalue weighted by atomic mass is 16.5. The van der Waals surface area contributed by atoms with E-state index in [-0.39, 0.29) is 24.9 Å². The summed E-state index contributed by atoms with van der Waals surface area (Å²) in [4.78, 5) is 11.9. The fourth-order valence-corrected chi connectivity index (χ4v) is 3.57. The van der Waals surface area contributed by atoms with Crippen molar-refractivity contribution in [2.24, 2.45) is 0 Å². The van der Waals surface area contributed by atoms with E-state index in [0.717, 1.165) is 16.7 Å². The third-order valence-electron chi connectivity index (χ3n) is 5.53. The Morgan fingerprint density at radius 2 is 1.60 bits per heavy atom. The van der Waals surface area contributed by atoms with Crippen LogP contribution in [-0.2, 0) is 16.1 Å². The smallest absolute Gasteiger partial charge is 0.306 e. The maximum atomic E-state index is 11.9. The van der Waals surface area contributed by atoms with E-state index >= 15 is 0 Å². The average molecular weight is 471 g/mol. The molecule has 4 aromatic rings. The van der Waals surface area contributed by atoms with Crippen molar-refractivity contribution in [2.45, 2.75) is 18.9 Å².